The van der Waals surface area contributed by atoms with Gasteiger partial charge in [-0.05, 0) is 39.0 Å². The molecule has 0 amide bonds. The normalized spacial score (nSPS) is 43.2. The Kier molecular flexibility index (Phi) is 2.40. The van der Waals surface area contributed by atoms with E-state index in [1.165, 1.54) is 31.4 Å². The van der Waals surface area contributed by atoms with Crippen molar-refractivity contribution in [2.45, 2.75) is 56.9 Å². The summed E-state index contributed by atoms with van der Waals surface area (Å²) < 4.78 is 0. The van der Waals surface area contributed by atoms with Crippen molar-refractivity contribution < 1.29 is 0 Å². The number of rotatable bonds is 1. The van der Waals surface area contributed by atoms with Crippen LogP contribution in [0.4, 0.5) is 0 Å². The Bertz CT molecular complexity index is 202. The molecule has 1 saturated carbocycles. The van der Waals surface area contributed by atoms with E-state index in [9.17, 15) is 0 Å². The van der Waals surface area contributed by atoms with Gasteiger partial charge in [-0.3, -0.25) is 5.32 Å². The van der Waals surface area contributed by atoms with E-state index in [2.05, 4.69) is 37.8 Å². The van der Waals surface area contributed by atoms with E-state index in [0.717, 1.165) is 5.92 Å². The van der Waals surface area contributed by atoms with E-state index < -0.39 is 0 Å². The van der Waals surface area contributed by atoms with Gasteiger partial charge in [0.15, 0.2) is 0 Å². The fourth-order valence-corrected chi connectivity index (χ4v) is 4.38. The van der Waals surface area contributed by atoms with Crippen molar-refractivity contribution in [3.63, 3.8) is 0 Å². The van der Waals surface area contributed by atoms with Crippen LogP contribution in [0.1, 0.15) is 46.5 Å². The summed E-state index contributed by atoms with van der Waals surface area (Å²) in [5.41, 5.74) is 0.368. The largest absolute Gasteiger partial charge is 0.297 e. The van der Waals surface area contributed by atoms with Crippen LogP contribution in [-0.4, -0.2) is 16.2 Å². The van der Waals surface area contributed by atoms with Crippen molar-refractivity contribution in [2.75, 3.05) is 5.75 Å². The lowest BCUT2D eigenvalue weighted by atomic mass is 10.0. The Morgan fingerprint density at radius 3 is 2.69 bits per heavy atom. The molecule has 1 spiro atoms. The second-order valence-corrected chi connectivity index (χ2v) is 6.67. The first kappa shape index (κ1) is 9.85. The molecule has 13 heavy (non-hydrogen) atoms. The lowest BCUT2D eigenvalue weighted by molar-refractivity contribution is 0.358. The predicted octanol–water partition coefficient (Wildman–Crippen LogP) is 3.01. The van der Waals surface area contributed by atoms with Gasteiger partial charge in [0, 0.05) is 11.3 Å². The molecule has 0 radical (unpaired) electrons. The number of thioether (sulfide) groups is 1. The summed E-state index contributed by atoms with van der Waals surface area (Å²) in [6.45, 7) is 6.98. The minimum absolute atomic E-state index is 0.368. The molecular weight excluding hydrogens is 178 g/mol. The van der Waals surface area contributed by atoms with Crippen LogP contribution in [0.5, 0.6) is 0 Å². The Hall–Kier alpha value is 0.310. The maximum absolute atomic E-state index is 3.83. The standard InChI is InChI=1S/C11H21NS/c1-4-9-5-6-11(7-9)12-10(2,3)8-13-11/h9,12H,4-8H2,1-3H3. The van der Waals surface area contributed by atoms with Gasteiger partial charge in [-0.2, -0.15) is 0 Å². The quantitative estimate of drug-likeness (QED) is 0.697. The van der Waals surface area contributed by atoms with Gasteiger partial charge in [0.2, 0.25) is 0 Å². The van der Waals surface area contributed by atoms with Gasteiger partial charge in [-0.25, -0.2) is 0 Å². The number of hydrogen-bond acceptors (Lipinski definition) is 2. The molecule has 0 aromatic heterocycles. The molecule has 1 N–H and O–H groups in total. The Balaban J connectivity index is 2.01. The van der Waals surface area contributed by atoms with E-state index in [1.54, 1.807) is 0 Å². The molecule has 1 heterocycles. The molecular formula is C11H21NS. The van der Waals surface area contributed by atoms with Crippen LogP contribution < -0.4 is 5.32 Å². The summed E-state index contributed by atoms with van der Waals surface area (Å²) >= 11 is 2.17. The zero-order valence-corrected chi connectivity index (χ0v) is 9.84. The first-order valence-corrected chi connectivity index (χ1v) is 6.47. The van der Waals surface area contributed by atoms with Crippen molar-refractivity contribution in [2.24, 2.45) is 5.92 Å². The van der Waals surface area contributed by atoms with Crippen LogP contribution in [0, 0.1) is 5.92 Å². The Morgan fingerprint density at radius 1 is 1.46 bits per heavy atom. The lowest BCUT2D eigenvalue weighted by Gasteiger charge is -2.27. The average Bonchev–Trinajstić information content (AvgIpc) is 2.57. The fourth-order valence-electron chi connectivity index (χ4n) is 2.71. The summed E-state index contributed by atoms with van der Waals surface area (Å²) in [6, 6.07) is 0. The monoisotopic (exact) mass is 199 g/mol. The van der Waals surface area contributed by atoms with Gasteiger partial charge < -0.3 is 0 Å². The third-order valence-electron chi connectivity index (χ3n) is 3.43. The van der Waals surface area contributed by atoms with Crippen molar-refractivity contribution in [1.82, 2.24) is 5.32 Å². The number of nitrogens with one attached hydrogen (secondary N) is 1. The highest BCUT2D eigenvalue weighted by atomic mass is 32.2. The molecule has 2 fully saturated rings. The van der Waals surface area contributed by atoms with E-state index in [4.69, 9.17) is 0 Å². The van der Waals surface area contributed by atoms with Crippen LogP contribution in [0.3, 0.4) is 0 Å². The summed E-state index contributed by atoms with van der Waals surface area (Å²) in [4.78, 5) is 0.462. The summed E-state index contributed by atoms with van der Waals surface area (Å²) in [7, 11) is 0. The average molecular weight is 199 g/mol. The third kappa shape index (κ3) is 1.89. The first-order valence-electron chi connectivity index (χ1n) is 5.49. The maximum atomic E-state index is 3.83. The second kappa shape index (κ2) is 3.16. The maximum Gasteiger partial charge on any atom is 0.0652 e. The zero-order chi connectivity index (χ0) is 9.53. The smallest absolute Gasteiger partial charge is 0.0652 e. The molecule has 2 aliphatic rings. The van der Waals surface area contributed by atoms with Crippen LogP contribution in [-0.2, 0) is 0 Å². The Morgan fingerprint density at radius 2 is 2.23 bits per heavy atom. The van der Waals surface area contributed by atoms with Crippen LogP contribution >= 0.6 is 11.8 Å². The number of hydrogen-bond donors (Lipinski definition) is 1. The van der Waals surface area contributed by atoms with Crippen LogP contribution in [0.25, 0.3) is 0 Å². The fraction of sp³-hybridized carbons (Fsp3) is 1.00. The molecule has 1 aliphatic carbocycles. The van der Waals surface area contributed by atoms with Crippen molar-refractivity contribution >= 4 is 11.8 Å². The van der Waals surface area contributed by atoms with Gasteiger partial charge >= 0.3 is 0 Å². The molecule has 1 saturated heterocycles. The topological polar surface area (TPSA) is 12.0 Å². The Labute approximate surface area is 86.0 Å². The van der Waals surface area contributed by atoms with E-state index in [-0.39, 0.29) is 0 Å². The van der Waals surface area contributed by atoms with E-state index in [1.807, 2.05) is 0 Å². The highest BCUT2D eigenvalue weighted by molar-refractivity contribution is 8.01. The minimum atomic E-state index is 0.368. The highest BCUT2D eigenvalue weighted by Crippen LogP contribution is 2.49. The zero-order valence-electron chi connectivity index (χ0n) is 9.02. The summed E-state index contributed by atoms with van der Waals surface area (Å²) in [5, 5.41) is 3.83. The molecule has 2 rings (SSSR count). The highest BCUT2D eigenvalue weighted by Gasteiger charge is 2.47. The molecule has 0 aromatic carbocycles. The van der Waals surface area contributed by atoms with Crippen LogP contribution in [0.2, 0.25) is 0 Å². The summed E-state index contributed by atoms with van der Waals surface area (Å²) in [5.74, 6) is 2.26. The lowest BCUT2D eigenvalue weighted by Crippen LogP contribution is -2.45. The first-order chi connectivity index (χ1) is 6.05. The second-order valence-electron chi connectivity index (χ2n) is 5.31. The molecule has 0 bridgehead atoms. The van der Waals surface area contributed by atoms with Crippen molar-refractivity contribution in [1.29, 1.82) is 0 Å². The van der Waals surface area contributed by atoms with Crippen molar-refractivity contribution in [3.05, 3.63) is 0 Å². The molecule has 2 atom stereocenters. The minimum Gasteiger partial charge on any atom is -0.297 e. The van der Waals surface area contributed by atoms with Crippen LogP contribution in [0.15, 0.2) is 0 Å². The summed E-state index contributed by atoms with van der Waals surface area (Å²) in [6.07, 6.45) is 5.59. The molecule has 2 heteroatoms. The predicted molar refractivity (Wildman–Crippen MR) is 60.0 cm³/mol. The van der Waals surface area contributed by atoms with Gasteiger partial charge in [0.25, 0.3) is 0 Å². The van der Waals surface area contributed by atoms with Crippen molar-refractivity contribution in [3.8, 4) is 0 Å². The van der Waals surface area contributed by atoms with Gasteiger partial charge in [0.1, 0.15) is 0 Å². The molecule has 2 unspecified atom stereocenters. The van der Waals surface area contributed by atoms with E-state index in [0.29, 0.717) is 10.4 Å². The van der Waals surface area contributed by atoms with Gasteiger partial charge in [0.05, 0.1) is 4.87 Å². The molecule has 1 nitrogen and oxygen atoms in total. The molecule has 1 aliphatic heterocycles. The van der Waals surface area contributed by atoms with Gasteiger partial charge in [-0.1, -0.05) is 13.3 Å². The SMILES string of the molecule is CCC1CCC2(C1)NC(C)(C)CS2. The third-order valence-corrected chi connectivity index (χ3v) is 5.32. The van der Waals surface area contributed by atoms with E-state index >= 15 is 0 Å². The molecule has 0 aromatic rings. The molecule has 76 valence electrons. The van der Waals surface area contributed by atoms with Gasteiger partial charge in [-0.15, -0.1) is 11.8 Å².